The smallest absolute Gasteiger partial charge is 0.354 e. The Hall–Kier alpha value is -2.30. The van der Waals surface area contributed by atoms with E-state index in [0.717, 1.165) is 23.3 Å². The van der Waals surface area contributed by atoms with E-state index in [-0.39, 0.29) is 5.69 Å². The van der Waals surface area contributed by atoms with E-state index in [1.54, 1.807) is 20.1 Å². The number of carboxylic acids is 1. The molecule has 2 rings (SSSR count). The van der Waals surface area contributed by atoms with Crippen LogP contribution in [0.4, 0.5) is 0 Å². The SMILES string of the molecule is CCc1cc(Cn2nc(C)cc2C(=O)O)ccc1OC. The predicted octanol–water partition coefficient (Wildman–Crippen LogP) is 2.51. The molecule has 0 aliphatic rings. The average molecular weight is 274 g/mol. The largest absolute Gasteiger partial charge is 0.496 e. The number of hydrogen-bond donors (Lipinski definition) is 1. The summed E-state index contributed by atoms with van der Waals surface area (Å²) >= 11 is 0. The van der Waals surface area contributed by atoms with Gasteiger partial charge >= 0.3 is 5.97 Å². The van der Waals surface area contributed by atoms with E-state index < -0.39 is 5.97 Å². The van der Waals surface area contributed by atoms with Gasteiger partial charge in [0.05, 0.1) is 19.3 Å². The van der Waals surface area contributed by atoms with E-state index in [9.17, 15) is 4.79 Å². The topological polar surface area (TPSA) is 64.4 Å². The third-order valence-electron chi connectivity index (χ3n) is 3.18. The maximum absolute atomic E-state index is 11.2. The molecule has 0 saturated heterocycles. The lowest BCUT2D eigenvalue weighted by Crippen LogP contribution is -2.11. The molecule has 1 aromatic carbocycles. The maximum atomic E-state index is 11.2. The summed E-state index contributed by atoms with van der Waals surface area (Å²) in [6.45, 7) is 4.28. The van der Waals surface area contributed by atoms with Gasteiger partial charge in [-0.2, -0.15) is 5.10 Å². The van der Waals surface area contributed by atoms with Crippen molar-refractivity contribution in [2.24, 2.45) is 0 Å². The van der Waals surface area contributed by atoms with Crippen molar-refractivity contribution in [1.82, 2.24) is 9.78 Å². The molecule has 2 aromatic rings. The van der Waals surface area contributed by atoms with Crippen molar-refractivity contribution in [2.75, 3.05) is 7.11 Å². The Morgan fingerprint density at radius 1 is 1.40 bits per heavy atom. The molecular formula is C15H18N2O3. The number of aryl methyl sites for hydroxylation is 2. The number of hydrogen-bond acceptors (Lipinski definition) is 3. The van der Waals surface area contributed by atoms with E-state index in [1.165, 1.54) is 4.68 Å². The highest BCUT2D eigenvalue weighted by molar-refractivity contribution is 5.85. The van der Waals surface area contributed by atoms with Crippen LogP contribution in [0, 0.1) is 6.92 Å². The molecule has 5 heteroatoms. The number of carboxylic acid groups (broad SMARTS) is 1. The summed E-state index contributed by atoms with van der Waals surface area (Å²) in [4.78, 5) is 11.2. The van der Waals surface area contributed by atoms with Gasteiger partial charge in [0.1, 0.15) is 11.4 Å². The van der Waals surface area contributed by atoms with Crippen LogP contribution in [0.25, 0.3) is 0 Å². The summed E-state index contributed by atoms with van der Waals surface area (Å²) in [6, 6.07) is 7.44. The van der Waals surface area contributed by atoms with Gasteiger partial charge in [-0.15, -0.1) is 0 Å². The first-order valence-corrected chi connectivity index (χ1v) is 6.48. The van der Waals surface area contributed by atoms with Crippen molar-refractivity contribution in [3.05, 3.63) is 46.8 Å². The van der Waals surface area contributed by atoms with E-state index in [2.05, 4.69) is 12.0 Å². The fourth-order valence-electron chi connectivity index (χ4n) is 2.22. The normalized spacial score (nSPS) is 10.6. The zero-order chi connectivity index (χ0) is 14.7. The van der Waals surface area contributed by atoms with Crippen LogP contribution in [0.15, 0.2) is 24.3 Å². The zero-order valence-corrected chi connectivity index (χ0v) is 11.9. The van der Waals surface area contributed by atoms with Crippen LogP contribution in [0.3, 0.4) is 0 Å². The standard InChI is InChI=1S/C15H18N2O3/c1-4-12-8-11(5-6-14(12)20-3)9-17-13(15(18)19)7-10(2)16-17/h5-8H,4,9H2,1-3H3,(H,18,19). The molecular weight excluding hydrogens is 256 g/mol. The maximum Gasteiger partial charge on any atom is 0.354 e. The summed E-state index contributed by atoms with van der Waals surface area (Å²) in [7, 11) is 1.65. The van der Waals surface area contributed by atoms with Crippen LogP contribution >= 0.6 is 0 Å². The summed E-state index contributed by atoms with van der Waals surface area (Å²) in [6.07, 6.45) is 0.862. The van der Waals surface area contributed by atoms with Gasteiger partial charge in [-0.1, -0.05) is 19.1 Å². The first kappa shape index (κ1) is 14.1. The van der Waals surface area contributed by atoms with Gasteiger partial charge in [0.25, 0.3) is 0 Å². The lowest BCUT2D eigenvalue weighted by atomic mass is 10.1. The number of aromatic carboxylic acids is 1. The fraction of sp³-hybridized carbons (Fsp3) is 0.333. The molecule has 0 radical (unpaired) electrons. The molecule has 0 spiro atoms. The minimum absolute atomic E-state index is 0.205. The van der Waals surface area contributed by atoms with Gasteiger partial charge in [0.15, 0.2) is 0 Å². The number of aromatic nitrogens is 2. The van der Waals surface area contributed by atoms with Crippen LogP contribution < -0.4 is 4.74 Å². The van der Waals surface area contributed by atoms with E-state index in [1.807, 2.05) is 18.2 Å². The summed E-state index contributed by atoms with van der Waals surface area (Å²) in [5.74, 6) is -0.110. The quantitative estimate of drug-likeness (QED) is 0.910. The second kappa shape index (κ2) is 5.77. The molecule has 0 bridgehead atoms. The van der Waals surface area contributed by atoms with Crippen molar-refractivity contribution >= 4 is 5.97 Å². The highest BCUT2D eigenvalue weighted by atomic mass is 16.5. The minimum Gasteiger partial charge on any atom is -0.496 e. The average Bonchev–Trinajstić information content (AvgIpc) is 2.79. The molecule has 0 aliphatic heterocycles. The van der Waals surface area contributed by atoms with Crippen molar-refractivity contribution in [3.8, 4) is 5.75 Å². The third kappa shape index (κ3) is 2.82. The Kier molecular flexibility index (Phi) is 4.08. The first-order chi connectivity index (χ1) is 9.55. The van der Waals surface area contributed by atoms with E-state index in [0.29, 0.717) is 12.2 Å². The van der Waals surface area contributed by atoms with Gasteiger partial charge in [-0.25, -0.2) is 4.79 Å². The molecule has 0 fully saturated rings. The van der Waals surface area contributed by atoms with Crippen LogP contribution in [-0.2, 0) is 13.0 Å². The van der Waals surface area contributed by atoms with Gasteiger partial charge in [0.2, 0.25) is 0 Å². The predicted molar refractivity (Wildman–Crippen MR) is 75.4 cm³/mol. The monoisotopic (exact) mass is 274 g/mol. The van der Waals surface area contributed by atoms with Gasteiger partial charge < -0.3 is 9.84 Å². The second-order valence-electron chi connectivity index (χ2n) is 4.63. The minimum atomic E-state index is -0.963. The van der Waals surface area contributed by atoms with Crippen LogP contribution in [0.2, 0.25) is 0 Å². The Balaban J connectivity index is 2.33. The number of nitrogens with zero attached hydrogens (tertiary/aromatic N) is 2. The molecule has 0 amide bonds. The van der Waals surface area contributed by atoms with E-state index >= 15 is 0 Å². The first-order valence-electron chi connectivity index (χ1n) is 6.48. The Morgan fingerprint density at radius 2 is 2.15 bits per heavy atom. The number of rotatable bonds is 5. The lowest BCUT2D eigenvalue weighted by molar-refractivity contribution is 0.0684. The Morgan fingerprint density at radius 3 is 2.75 bits per heavy atom. The van der Waals surface area contributed by atoms with Crippen LogP contribution in [0.1, 0.15) is 34.2 Å². The molecule has 1 heterocycles. The van der Waals surface area contributed by atoms with Crippen LogP contribution in [0.5, 0.6) is 5.75 Å². The molecule has 20 heavy (non-hydrogen) atoms. The molecule has 5 nitrogen and oxygen atoms in total. The van der Waals surface area contributed by atoms with Crippen molar-refractivity contribution in [3.63, 3.8) is 0 Å². The third-order valence-corrected chi connectivity index (χ3v) is 3.18. The highest BCUT2D eigenvalue weighted by Gasteiger charge is 2.13. The molecule has 1 aromatic heterocycles. The molecule has 0 saturated carbocycles. The molecule has 0 unspecified atom stereocenters. The summed E-state index contributed by atoms with van der Waals surface area (Å²) < 4.78 is 6.80. The van der Waals surface area contributed by atoms with Gasteiger partial charge in [-0.3, -0.25) is 4.68 Å². The molecule has 106 valence electrons. The molecule has 0 aliphatic carbocycles. The van der Waals surface area contributed by atoms with Gasteiger partial charge in [0, 0.05) is 0 Å². The zero-order valence-electron chi connectivity index (χ0n) is 11.9. The number of carbonyl (C=O) groups is 1. The lowest BCUT2D eigenvalue weighted by Gasteiger charge is -2.10. The number of ether oxygens (including phenoxy) is 1. The summed E-state index contributed by atoms with van der Waals surface area (Å²) in [5.41, 5.74) is 3.02. The van der Waals surface area contributed by atoms with Crippen molar-refractivity contribution in [2.45, 2.75) is 26.8 Å². The second-order valence-corrected chi connectivity index (χ2v) is 4.63. The molecule has 0 atom stereocenters. The van der Waals surface area contributed by atoms with Crippen LogP contribution in [-0.4, -0.2) is 28.0 Å². The van der Waals surface area contributed by atoms with Crippen molar-refractivity contribution < 1.29 is 14.6 Å². The number of benzene rings is 1. The summed E-state index contributed by atoms with van der Waals surface area (Å²) in [5, 5.41) is 13.4. The highest BCUT2D eigenvalue weighted by Crippen LogP contribution is 2.21. The fourth-order valence-corrected chi connectivity index (χ4v) is 2.22. The Bertz CT molecular complexity index is 632. The number of methoxy groups -OCH3 is 1. The molecule has 1 N–H and O–H groups in total. The van der Waals surface area contributed by atoms with Crippen molar-refractivity contribution in [1.29, 1.82) is 0 Å². The van der Waals surface area contributed by atoms with E-state index in [4.69, 9.17) is 9.84 Å². The Labute approximate surface area is 117 Å². The van der Waals surface area contributed by atoms with Gasteiger partial charge in [-0.05, 0) is 36.6 Å².